The molecule has 0 aromatic rings. The van der Waals surface area contributed by atoms with Crippen molar-refractivity contribution >= 4 is 25.4 Å². The van der Waals surface area contributed by atoms with Gasteiger partial charge in [0, 0.05) is 26.3 Å². The van der Waals surface area contributed by atoms with E-state index in [9.17, 15) is 9.59 Å². The Bertz CT molecular complexity index is 419. The summed E-state index contributed by atoms with van der Waals surface area (Å²) >= 11 is 0. The van der Waals surface area contributed by atoms with Crippen molar-refractivity contribution in [2.75, 3.05) is 53.5 Å². The Balaban J connectivity index is 0.000000263. The van der Waals surface area contributed by atoms with E-state index >= 15 is 0 Å². The molecule has 8 heteroatoms. The maximum absolute atomic E-state index is 11.5. The summed E-state index contributed by atoms with van der Waals surface area (Å²) in [6, 6.07) is 0. The second kappa shape index (κ2) is 11.9. The van der Waals surface area contributed by atoms with Crippen molar-refractivity contribution < 1.29 is 18.9 Å². The highest BCUT2D eigenvalue weighted by Gasteiger charge is 2.28. The highest BCUT2D eigenvalue weighted by atomic mass is 16.6. The summed E-state index contributed by atoms with van der Waals surface area (Å²) in [5.74, 6) is 1.40. The van der Waals surface area contributed by atoms with E-state index in [0.717, 1.165) is 26.3 Å². The van der Waals surface area contributed by atoms with Crippen molar-refractivity contribution in [3.8, 4) is 0 Å². The van der Waals surface area contributed by atoms with Crippen LogP contribution in [-0.2, 0) is 18.9 Å². The molecule has 26 heavy (non-hydrogen) atoms. The third kappa shape index (κ3) is 9.31. The van der Waals surface area contributed by atoms with Crippen molar-refractivity contribution in [2.45, 2.75) is 52.0 Å². The predicted molar refractivity (Wildman–Crippen MR) is 108 cm³/mol. The maximum Gasteiger partial charge on any atom is 0.459 e. The maximum atomic E-state index is 11.5. The van der Waals surface area contributed by atoms with Crippen molar-refractivity contribution in [3.63, 3.8) is 0 Å². The minimum atomic E-state index is -0.00120. The number of carbonyl (C=O) groups is 2. The van der Waals surface area contributed by atoms with E-state index in [0.29, 0.717) is 37.4 Å². The Morgan fingerprint density at radius 3 is 1.65 bits per heavy atom. The SMILES string of the molecule is CC(C)B1CC(=O)CN(C)CC(=O)C1.CC(C)B1OCCN(C)CCO1. The topological polar surface area (TPSA) is 59.1 Å². The summed E-state index contributed by atoms with van der Waals surface area (Å²) in [6.07, 6.45) is 1.13. The Labute approximate surface area is 160 Å². The van der Waals surface area contributed by atoms with Crippen molar-refractivity contribution in [1.82, 2.24) is 9.80 Å². The first-order valence-electron chi connectivity index (χ1n) is 9.82. The van der Waals surface area contributed by atoms with Gasteiger partial charge in [-0.05, 0) is 32.6 Å². The summed E-state index contributed by atoms with van der Waals surface area (Å²) in [6.45, 7) is 13.1. The van der Waals surface area contributed by atoms with Gasteiger partial charge >= 0.3 is 7.12 Å². The van der Waals surface area contributed by atoms with Crippen LogP contribution in [0.4, 0.5) is 0 Å². The fraction of sp³-hybridized carbons (Fsp3) is 0.889. The minimum absolute atomic E-state index is 0.00120. The molecule has 0 N–H and O–H groups in total. The van der Waals surface area contributed by atoms with E-state index in [1.165, 1.54) is 0 Å². The summed E-state index contributed by atoms with van der Waals surface area (Å²) in [5.41, 5.74) is 0. The van der Waals surface area contributed by atoms with E-state index in [4.69, 9.17) is 9.31 Å². The molecule has 0 saturated carbocycles. The van der Waals surface area contributed by atoms with Gasteiger partial charge in [-0.25, -0.2) is 0 Å². The fourth-order valence-electron chi connectivity index (χ4n) is 3.11. The Morgan fingerprint density at radius 2 is 1.27 bits per heavy atom. The van der Waals surface area contributed by atoms with Gasteiger partial charge in [-0.2, -0.15) is 0 Å². The van der Waals surface area contributed by atoms with Crippen LogP contribution >= 0.6 is 0 Å². The van der Waals surface area contributed by atoms with Crippen molar-refractivity contribution in [3.05, 3.63) is 0 Å². The third-order valence-electron chi connectivity index (χ3n) is 4.87. The lowest BCUT2D eigenvalue weighted by Crippen LogP contribution is -2.38. The van der Waals surface area contributed by atoms with Gasteiger partial charge < -0.3 is 14.2 Å². The molecule has 0 aliphatic carbocycles. The average Bonchev–Trinajstić information content (AvgIpc) is 2.48. The fourth-order valence-corrected chi connectivity index (χ4v) is 3.11. The molecule has 2 rings (SSSR count). The van der Waals surface area contributed by atoms with Gasteiger partial charge in [0.05, 0.1) is 13.1 Å². The molecule has 0 aromatic carbocycles. The number of ketones is 2. The van der Waals surface area contributed by atoms with E-state index in [2.05, 4.69) is 39.6 Å². The molecule has 0 bridgehead atoms. The van der Waals surface area contributed by atoms with Gasteiger partial charge in [0.25, 0.3) is 0 Å². The molecule has 148 valence electrons. The smallest absolute Gasteiger partial charge is 0.410 e. The lowest BCUT2D eigenvalue weighted by atomic mass is 9.36. The summed E-state index contributed by atoms with van der Waals surface area (Å²) in [7, 11) is 3.91. The molecule has 0 unspecified atom stereocenters. The second-order valence-corrected chi connectivity index (χ2v) is 8.32. The Morgan fingerprint density at radius 1 is 0.808 bits per heavy atom. The average molecular weight is 366 g/mol. The normalized spacial score (nSPS) is 21.8. The minimum Gasteiger partial charge on any atom is -0.410 e. The highest BCUT2D eigenvalue weighted by Crippen LogP contribution is 2.18. The molecule has 0 aromatic heterocycles. The lowest BCUT2D eigenvalue weighted by molar-refractivity contribution is -0.121. The van der Waals surface area contributed by atoms with Gasteiger partial charge in [-0.15, -0.1) is 0 Å². The molecule has 0 atom stereocenters. The van der Waals surface area contributed by atoms with Gasteiger partial charge in [0.1, 0.15) is 11.6 Å². The first kappa shape index (κ1) is 23.3. The van der Waals surface area contributed by atoms with Crippen LogP contribution in [0.1, 0.15) is 27.7 Å². The quantitative estimate of drug-likeness (QED) is 0.696. The molecule has 0 spiro atoms. The van der Waals surface area contributed by atoms with Crippen LogP contribution < -0.4 is 0 Å². The zero-order chi connectivity index (χ0) is 19.7. The predicted octanol–water partition coefficient (Wildman–Crippen LogP) is 1.84. The molecule has 2 fully saturated rings. The molecule has 2 saturated heterocycles. The molecule has 2 aliphatic rings. The largest absolute Gasteiger partial charge is 0.459 e. The van der Waals surface area contributed by atoms with Crippen molar-refractivity contribution in [2.24, 2.45) is 0 Å². The van der Waals surface area contributed by atoms with Crippen LogP contribution in [0.5, 0.6) is 0 Å². The van der Waals surface area contributed by atoms with E-state index in [-0.39, 0.29) is 25.4 Å². The van der Waals surface area contributed by atoms with Crippen LogP contribution in [0.25, 0.3) is 0 Å². The van der Waals surface area contributed by atoms with Crippen LogP contribution in [0.2, 0.25) is 24.3 Å². The number of likely N-dealkylation sites (N-methyl/N-ethyl adjacent to an activating group) is 2. The molecule has 6 nitrogen and oxygen atoms in total. The number of hydrogen-bond acceptors (Lipinski definition) is 6. The van der Waals surface area contributed by atoms with Crippen LogP contribution in [0, 0.1) is 0 Å². The number of carbonyl (C=O) groups excluding carboxylic acids is 2. The van der Waals surface area contributed by atoms with E-state index < -0.39 is 0 Å². The Kier molecular flexibility index (Phi) is 10.7. The standard InChI is InChI=1S/C10H18BNO2.C8H18BNO2/c1-8(2)11-4-9(13)6-12(3)7-10(14)5-11;1-8(2)9-11-6-4-10(3)5-7-12-9/h8H,4-7H2,1-3H3;8H,4-7H2,1-3H3. The molecule has 0 amide bonds. The number of nitrogens with zero attached hydrogens (tertiary/aromatic N) is 2. The van der Waals surface area contributed by atoms with Gasteiger partial charge in [0.15, 0.2) is 6.71 Å². The zero-order valence-electron chi connectivity index (χ0n) is 17.5. The van der Waals surface area contributed by atoms with Gasteiger partial charge in [-0.3, -0.25) is 14.5 Å². The first-order chi connectivity index (χ1) is 12.2. The summed E-state index contributed by atoms with van der Waals surface area (Å²) in [5, 5.41) is 0. The first-order valence-corrected chi connectivity index (χ1v) is 9.82. The number of rotatable bonds is 2. The Hall–Kier alpha value is -0.690. The molecular formula is C18H36B2N2O4. The lowest BCUT2D eigenvalue weighted by Gasteiger charge is -2.25. The molecule has 2 aliphatic heterocycles. The van der Waals surface area contributed by atoms with Crippen molar-refractivity contribution in [1.29, 1.82) is 0 Å². The monoisotopic (exact) mass is 366 g/mol. The zero-order valence-corrected chi connectivity index (χ0v) is 17.5. The third-order valence-corrected chi connectivity index (χ3v) is 4.87. The number of hydrogen-bond donors (Lipinski definition) is 0. The summed E-state index contributed by atoms with van der Waals surface area (Å²) in [4.78, 5) is 27.1. The van der Waals surface area contributed by atoms with Gasteiger partial charge in [0.2, 0.25) is 0 Å². The molecule has 0 radical (unpaired) electrons. The van der Waals surface area contributed by atoms with Gasteiger partial charge in [-0.1, -0.05) is 33.5 Å². The molecule has 2 heterocycles. The van der Waals surface area contributed by atoms with Crippen LogP contribution in [0.3, 0.4) is 0 Å². The van der Waals surface area contributed by atoms with E-state index in [1.807, 2.05) is 7.05 Å². The van der Waals surface area contributed by atoms with Crippen LogP contribution in [-0.4, -0.2) is 88.7 Å². The summed E-state index contributed by atoms with van der Waals surface area (Å²) < 4.78 is 11.1. The number of Topliss-reactive ketones (excluding diaryl/α,β-unsaturated/α-hetero) is 2. The highest BCUT2D eigenvalue weighted by molar-refractivity contribution is 6.67. The van der Waals surface area contributed by atoms with E-state index in [1.54, 1.807) is 4.90 Å². The second-order valence-electron chi connectivity index (χ2n) is 8.32. The van der Waals surface area contributed by atoms with Crippen LogP contribution in [0.15, 0.2) is 0 Å². The molecular weight excluding hydrogens is 330 g/mol.